The van der Waals surface area contributed by atoms with E-state index in [0.717, 1.165) is 29.3 Å². The van der Waals surface area contributed by atoms with Crippen molar-refractivity contribution in [2.24, 2.45) is 0 Å². The van der Waals surface area contributed by atoms with Gasteiger partial charge in [0.15, 0.2) is 4.96 Å². The number of hydrogen-bond donors (Lipinski definition) is 0. The average Bonchev–Trinajstić information content (AvgIpc) is 3.29. The first-order valence-electron chi connectivity index (χ1n) is 11.2. The Morgan fingerprint density at radius 3 is 2.52 bits per heavy atom. The lowest BCUT2D eigenvalue weighted by Gasteiger charge is -2.34. The second-order valence-corrected chi connectivity index (χ2v) is 9.54. The molecule has 0 radical (unpaired) electrons. The highest BCUT2D eigenvalue weighted by atomic mass is 32.1. The summed E-state index contributed by atoms with van der Waals surface area (Å²) >= 11 is 1.47. The standard InChI is InChI=1S/C24H28N4O2S/c29-22-16-21(25-24-28(22)14-15-31-24)17-26-10-12-27(13-11-26)23(30)20-8-6-19(7-9-20)18-4-2-1-3-5-18/h6-9,14-16,18H,1-5,10-13,17H2. The summed E-state index contributed by atoms with van der Waals surface area (Å²) in [6, 6.07) is 9.94. The molecule has 162 valence electrons. The van der Waals surface area contributed by atoms with Crippen LogP contribution in [0.25, 0.3) is 4.96 Å². The van der Waals surface area contributed by atoms with Crippen LogP contribution in [0.1, 0.15) is 59.6 Å². The molecule has 0 spiro atoms. The van der Waals surface area contributed by atoms with Gasteiger partial charge in [0.05, 0.1) is 5.69 Å². The SMILES string of the molecule is O=C(c1ccc(C2CCCCC2)cc1)N1CCN(Cc2cc(=O)n3ccsc3n2)CC1. The minimum atomic E-state index is -0.0354. The number of rotatable bonds is 4. The highest BCUT2D eigenvalue weighted by molar-refractivity contribution is 7.15. The lowest BCUT2D eigenvalue weighted by atomic mass is 9.84. The van der Waals surface area contributed by atoms with E-state index in [1.54, 1.807) is 16.7 Å². The van der Waals surface area contributed by atoms with Crippen LogP contribution in [0.5, 0.6) is 0 Å². The topological polar surface area (TPSA) is 57.9 Å². The van der Waals surface area contributed by atoms with E-state index in [2.05, 4.69) is 22.0 Å². The van der Waals surface area contributed by atoms with Crippen LogP contribution in [0.2, 0.25) is 0 Å². The molecule has 1 aliphatic carbocycles. The van der Waals surface area contributed by atoms with Gasteiger partial charge in [-0.3, -0.25) is 18.9 Å². The minimum absolute atomic E-state index is 0.0354. The molecule has 3 heterocycles. The second-order valence-electron chi connectivity index (χ2n) is 8.67. The number of benzene rings is 1. The molecule has 1 saturated carbocycles. The molecule has 3 aromatic rings. The molecule has 5 rings (SSSR count). The first-order chi connectivity index (χ1) is 15.2. The van der Waals surface area contributed by atoms with Gasteiger partial charge in [0.2, 0.25) is 0 Å². The fourth-order valence-corrected chi connectivity index (χ4v) is 5.56. The van der Waals surface area contributed by atoms with Crippen molar-refractivity contribution in [2.75, 3.05) is 26.2 Å². The van der Waals surface area contributed by atoms with Crippen LogP contribution in [-0.4, -0.2) is 51.3 Å². The molecule has 1 amide bonds. The minimum Gasteiger partial charge on any atom is -0.336 e. The molecule has 1 aromatic carbocycles. The number of thiazole rings is 1. The predicted molar refractivity (Wildman–Crippen MR) is 123 cm³/mol. The number of piperazine rings is 1. The highest BCUT2D eigenvalue weighted by Gasteiger charge is 2.23. The number of aromatic nitrogens is 2. The molecular weight excluding hydrogens is 408 g/mol. The van der Waals surface area contributed by atoms with Crippen LogP contribution in [0.4, 0.5) is 0 Å². The zero-order chi connectivity index (χ0) is 21.2. The summed E-state index contributed by atoms with van der Waals surface area (Å²) in [4.78, 5) is 34.7. The van der Waals surface area contributed by atoms with Crippen LogP contribution in [0.3, 0.4) is 0 Å². The number of fused-ring (bicyclic) bond motifs is 1. The molecule has 2 aromatic heterocycles. The maximum absolute atomic E-state index is 13.0. The van der Waals surface area contributed by atoms with Crippen LogP contribution in [0, 0.1) is 0 Å². The second kappa shape index (κ2) is 8.93. The van der Waals surface area contributed by atoms with Crippen molar-refractivity contribution < 1.29 is 4.79 Å². The Kier molecular flexibility index (Phi) is 5.87. The summed E-state index contributed by atoms with van der Waals surface area (Å²) in [5.41, 5.74) is 2.93. The third kappa shape index (κ3) is 4.43. The number of carbonyl (C=O) groups is 1. The number of amides is 1. The quantitative estimate of drug-likeness (QED) is 0.625. The number of carbonyl (C=O) groups excluding carboxylic acids is 1. The Hall–Kier alpha value is -2.51. The van der Waals surface area contributed by atoms with E-state index in [0.29, 0.717) is 25.6 Å². The number of nitrogens with zero attached hydrogens (tertiary/aromatic N) is 4. The molecule has 2 fully saturated rings. The highest BCUT2D eigenvalue weighted by Crippen LogP contribution is 2.32. The zero-order valence-electron chi connectivity index (χ0n) is 17.7. The van der Waals surface area contributed by atoms with Gasteiger partial charge in [-0.2, -0.15) is 0 Å². The van der Waals surface area contributed by atoms with E-state index in [1.807, 2.05) is 22.4 Å². The van der Waals surface area contributed by atoms with Crippen LogP contribution >= 0.6 is 11.3 Å². The van der Waals surface area contributed by atoms with E-state index >= 15 is 0 Å². The van der Waals surface area contributed by atoms with Crippen molar-refractivity contribution in [3.8, 4) is 0 Å². The van der Waals surface area contributed by atoms with Gasteiger partial charge in [0.25, 0.3) is 11.5 Å². The molecule has 6 nitrogen and oxygen atoms in total. The summed E-state index contributed by atoms with van der Waals surface area (Å²) in [5, 5.41) is 1.87. The van der Waals surface area contributed by atoms with Crippen molar-refractivity contribution in [3.05, 3.63) is 69.1 Å². The third-order valence-corrected chi connectivity index (χ3v) is 7.39. The summed E-state index contributed by atoms with van der Waals surface area (Å²) in [6.07, 6.45) is 8.30. The summed E-state index contributed by atoms with van der Waals surface area (Å²) < 4.78 is 1.57. The first kappa shape index (κ1) is 20.4. The predicted octanol–water partition coefficient (Wildman–Crippen LogP) is 3.76. The Morgan fingerprint density at radius 1 is 1.03 bits per heavy atom. The van der Waals surface area contributed by atoms with Crippen molar-refractivity contribution in [3.63, 3.8) is 0 Å². The fourth-order valence-electron chi connectivity index (χ4n) is 4.82. The van der Waals surface area contributed by atoms with Gasteiger partial charge in [-0.05, 0) is 36.5 Å². The fraction of sp³-hybridized carbons (Fsp3) is 0.458. The molecule has 31 heavy (non-hydrogen) atoms. The van der Waals surface area contributed by atoms with Gasteiger partial charge in [0.1, 0.15) is 0 Å². The van der Waals surface area contributed by atoms with Crippen molar-refractivity contribution in [2.45, 2.75) is 44.6 Å². The molecule has 2 aliphatic rings. The van der Waals surface area contributed by atoms with E-state index < -0.39 is 0 Å². The van der Waals surface area contributed by atoms with E-state index in [1.165, 1.54) is 49.0 Å². The Labute approximate surface area is 186 Å². The smallest absolute Gasteiger partial charge is 0.258 e. The van der Waals surface area contributed by atoms with E-state index in [-0.39, 0.29) is 11.5 Å². The Balaban J connectivity index is 1.18. The molecule has 0 unspecified atom stereocenters. The number of hydrogen-bond acceptors (Lipinski definition) is 5. The molecule has 0 bridgehead atoms. The van der Waals surface area contributed by atoms with E-state index in [4.69, 9.17) is 0 Å². The van der Waals surface area contributed by atoms with Gasteiger partial charge in [-0.25, -0.2) is 4.98 Å². The van der Waals surface area contributed by atoms with Crippen molar-refractivity contribution >= 4 is 22.2 Å². The lowest BCUT2D eigenvalue weighted by molar-refractivity contribution is 0.0627. The lowest BCUT2D eigenvalue weighted by Crippen LogP contribution is -2.48. The Morgan fingerprint density at radius 2 is 1.77 bits per heavy atom. The van der Waals surface area contributed by atoms with Crippen LogP contribution in [0.15, 0.2) is 46.7 Å². The molecule has 1 saturated heterocycles. The molecular formula is C24H28N4O2S. The van der Waals surface area contributed by atoms with Gasteiger partial charge < -0.3 is 4.90 Å². The molecule has 1 aliphatic heterocycles. The molecule has 0 atom stereocenters. The van der Waals surface area contributed by atoms with Gasteiger partial charge in [0, 0.05) is 55.9 Å². The third-order valence-electron chi connectivity index (χ3n) is 6.64. The van der Waals surface area contributed by atoms with Crippen LogP contribution in [-0.2, 0) is 6.54 Å². The van der Waals surface area contributed by atoms with Gasteiger partial charge >= 0.3 is 0 Å². The van der Waals surface area contributed by atoms with E-state index in [9.17, 15) is 9.59 Å². The summed E-state index contributed by atoms with van der Waals surface area (Å²) in [5.74, 6) is 0.780. The Bertz CT molecular complexity index is 1110. The van der Waals surface area contributed by atoms with Crippen LogP contribution < -0.4 is 5.56 Å². The maximum Gasteiger partial charge on any atom is 0.258 e. The maximum atomic E-state index is 13.0. The zero-order valence-corrected chi connectivity index (χ0v) is 18.5. The molecule has 7 heteroatoms. The normalized spacial score (nSPS) is 18.5. The van der Waals surface area contributed by atoms with Gasteiger partial charge in [-0.15, -0.1) is 11.3 Å². The summed E-state index contributed by atoms with van der Waals surface area (Å²) in [6.45, 7) is 3.61. The van der Waals surface area contributed by atoms with Gasteiger partial charge in [-0.1, -0.05) is 31.4 Å². The molecule has 0 N–H and O–H groups in total. The largest absolute Gasteiger partial charge is 0.336 e. The van der Waals surface area contributed by atoms with Crippen molar-refractivity contribution in [1.29, 1.82) is 0 Å². The monoisotopic (exact) mass is 436 g/mol. The first-order valence-corrected chi connectivity index (χ1v) is 12.1. The summed E-state index contributed by atoms with van der Waals surface area (Å²) in [7, 11) is 0. The average molecular weight is 437 g/mol. The van der Waals surface area contributed by atoms with Crippen molar-refractivity contribution in [1.82, 2.24) is 19.2 Å².